The quantitative estimate of drug-likeness (QED) is 0.778. The van der Waals surface area contributed by atoms with Gasteiger partial charge in [0.1, 0.15) is 0 Å². The van der Waals surface area contributed by atoms with E-state index in [1.807, 2.05) is 0 Å². The summed E-state index contributed by atoms with van der Waals surface area (Å²) in [5.41, 5.74) is -0.923. The van der Waals surface area contributed by atoms with E-state index >= 15 is 0 Å². The third-order valence-corrected chi connectivity index (χ3v) is 4.59. The molecule has 0 saturated carbocycles. The Morgan fingerprint density at radius 2 is 2.07 bits per heavy atom. The highest BCUT2D eigenvalue weighted by molar-refractivity contribution is 7.91. The van der Waals surface area contributed by atoms with Gasteiger partial charge in [0.25, 0.3) is 0 Å². The first kappa shape index (κ1) is 12.0. The lowest BCUT2D eigenvalue weighted by atomic mass is 9.94. The molecule has 14 heavy (non-hydrogen) atoms. The van der Waals surface area contributed by atoms with Gasteiger partial charge in [0.05, 0.1) is 17.1 Å². The molecule has 1 heterocycles. The van der Waals surface area contributed by atoms with Crippen molar-refractivity contribution >= 4 is 9.84 Å². The normalized spacial score (nSPS) is 31.1. The fourth-order valence-electron chi connectivity index (χ4n) is 1.94. The molecular weight excluding hydrogens is 200 g/mol. The van der Waals surface area contributed by atoms with E-state index in [9.17, 15) is 13.5 Å². The van der Waals surface area contributed by atoms with Crippen molar-refractivity contribution in [3.05, 3.63) is 0 Å². The maximum atomic E-state index is 11.2. The summed E-state index contributed by atoms with van der Waals surface area (Å²) in [4.78, 5) is 0. The summed E-state index contributed by atoms with van der Waals surface area (Å²) >= 11 is 0. The SMILES string of the molecule is CC(C)CCCC1(O)CCS(=O)(=O)C1. The number of sulfone groups is 1. The fourth-order valence-corrected chi connectivity index (χ4v) is 3.88. The zero-order valence-electron chi connectivity index (χ0n) is 8.99. The molecule has 0 amide bonds. The lowest BCUT2D eigenvalue weighted by Gasteiger charge is -2.20. The van der Waals surface area contributed by atoms with Crippen LogP contribution >= 0.6 is 0 Å². The van der Waals surface area contributed by atoms with Gasteiger partial charge in [0.15, 0.2) is 9.84 Å². The summed E-state index contributed by atoms with van der Waals surface area (Å²) in [6, 6.07) is 0. The van der Waals surface area contributed by atoms with Crippen LogP contribution in [0.4, 0.5) is 0 Å². The predicted molar refractivity (Wildman–Crippen MR) is 56.9 cm³/mol. The van der Waals surface area contributed by atoms with Gasteiger partial charge < -0.3 is 5.11 Å². The molecule has 1 saturated heterocycles. The fraction of sp³-hybridized carbons (Fsp3) is 1.00. The first-order valence-electron chi connectivity index (χ1n) is 5.26. The Morgan fingerprint density at radius 1 is 1.43 bits per heavy atom. The molecule has 1 N–H and O–H groups in total. The van der Waals surface area contributed by atoms with Crippen LogP contribution in [0, 0.1) is 5.92 Å². The summed E-state index contributed by atoms with van der Waals surface area (Å²) in [7, 11) is -2.95. The lowest BCUT2D eigenvalue weighted by molar-refractivity contribution is 0.0549. The van der Waals surface area contributed by atoms with Crippen LogP contribution in [0.3, 0.4) is 0 Å². The minimum Gasteiger partial charge on any atom is -0.389 e. The molecule has 1 aliphatic heterocycles. The van der Waals surface area contributed by atoms with Gasteiger partial charge in [-0.25, -0.2) is 8.42 Å². The van der Waals surface area contributed by atoms with Gasteiger partial charge in [-0.3, -0.25) is 0 Å². The summed E-state index contributed by atoms with van der Waals surface area (Å²) in [5, 5.41) is 9.96. The van der Waals surface area contributed by atoms with E-state index in [0.29, 0.717) is 18.8 Å². The predicted octanol–water partition coefficient (Wildman–Crippen LogP) is 1.36. The van der Waals surface area contributed by atoms with Crippen LogP contribution in [-0.4, -0.2) is 30.6 Å². The van der Waals surface area contributed by atoms with E-state index in [0.717, 1.165) is 12.8 Å². The first-order chi connectivity index (χ1) is 6.33. The monoisotopic (exact) mass is 220 g/mol. The summed E-state index contributed by atoms with van der Waals surface area (Å²) in [6.45, 7) is 4.27. The van der Waals surface area contributed by atoms with Gasteiger partial charge in [0.2, 0.25) is 0 Å². The molecule has 4 heteroatoms. The molecule has 1 aliphatic rings. The first-order valence-corrected chi connectivity index (χ1v) is 7.08. The molecule has 84 valence electrons. The van der Waals surface area contributed by atoms with Crippen molar-refractivity contribution in [3.63, 3.8) is 0 Å². The summed E-state index contributed by atoms with van der Waals surface area (Å²) < 4.78 is 22.4. The molecule has 0 aromatic heterocycles. The Hall–Kier alpha value is -0.0900. The molecular formula is C10H20O3S. The maximum absolute atomic E-state index is 11.2. The van der Waals surface area contributed by atoms with Gasteiger partial charge in [-0.05, 0) is 18.8 Å². The van der Waals surface area contributed by atoms with E-state index < -0.39 is 15.4 Å². The van der Waals surface area contributed by atoms with E-state index in [4.69, 9.17) is 0 Å². The molecule has 1 unspecified atom stereocenters. The van der Waals surface area contributed by atoms with Crippen LogP contribution in [0.5, 0.6) is 0 Å². The average molecular weight is 220 g/mol. The van der Waals surface area contributed by atoms with Crippen LogP contribution < -0.4 is 0 Å². The Kier molecular flexibility index (Phi) is 3.58. The third-order valence-electron chi connectivity index (χ3n) is 2.79. The van der Waals surface area contributed by atoms with Crippen LogP contribution in [-0.2, 0) is 9.84 Å². The Bertz CT molecular complexity index is 282. The number of hydrogen-bond acceptors (Lipinski definition) is 3. The Labute approximate surface area is 86.4 Å². The van der Waals surface area contributed by atoms with E-state index in [2.05, 4.69) is 13.8 Å². The highest BCUT2D eigenvalue weighted by atomic mass is 32.2. The smallest absolute Gasteiger partial charge is 0.153 e. The largest absolute Gasteiger partial charge is 0.389 e. The molecule has 1 atom stereocenters. The van der Waals surface area contributed by atoms with Gasteiger partial charge in [-0.1, -0.05) is 26.7 Å². The second-order valence-electron chi connectivity index (χ2n) is 4.85. The van der Waals surface area contributed by atoms with E-state index in [1.165, 1.54) is 0 Å². The summed E-state index contributed by atoms with van der Waals surface area (Å²) in [5.74, 6) is 0.750. The van der Waals surface area contributed by atoms with Crippen molar-refractivity contribution in [1.29, 1.82) is 0 Å². The molecule has 0 radical (unpaired) electrons. The second-order valence-corrected chi connectivity index (χ2v) is 7.04. The van der Waals surface area contributed by atoms with Crippen LogP contribution in [0.2, 0.25) is 0 Å². The molecule has 1 fully saturated rings. The molecule has 0 aliphatic carbocycles. The molecule has 0 aromatic carbocycles. The highest BCUT2D eigenvalue weighted by Gasteiger charge is 2.39. The second kappa shape index (κ2) is 4.19. The van der Waals surface area contributed by atoms with Gasteiger partial charge in [0, 0.05) is 0 Å². The van der Waals surface area contributed by atoms with Crippen molar-refractivity contribution in [1.82, 2.24) is 0 Å². The zero-order valence-corrected chi connectivity index (χ0v) is 9.81. The summed E-state index contributed by atoms with van der Waals surface area (Å²) in [6.07, 6.45) is 3.03. The number of aliphatic hydroxyl groups is 1. The average Bonchev–Trinajstić information content (AvgIpc) is 2.25. The van der Waals surface area contributed by atoms with Gasteiger partial charge >= 0.3 is 0 Å². The molecule has 1 rings (SSSR count). The van der Waals surface area contributed by atoms with Crippen LogP contribution in [0.1, 0.15) is 39.5 Å². The van der Waals surface area contributed by atoms with Crippen molar-refractivity contribution < 1.29 is 13.5 Å². The lowest BCUT2D eigenvalue weighted by Crippen LogP contribution is -2.29. The Balaban J connectivity index is 2.38. The standard InChI is InChI=1S/C10H20O3S/c1-9(2)4-3-5-10(11)6-7-14(12,13)8-10/h9,11H,3-8H2,1-2H3. The number of hydrogen-bond donors (Lipinski definition) is 1. The third kappa shape index (κ3) is 3.58. The van der Waals surface area contributed by atoms with Crippen LogP contribution in [0.25, 0.3) is 0 Å². The topological polar surface area (TPSA) is 54.4 Å². The zero-order chi connectivity index (χ0) is 10.8. The highest BCUT2D eigenvalue weighted by Crippen LogP contribution is 2.28. The van der Waals surface area contributed by atoms with E-state index in [1.54, 1.807) is 0 Å². The molecule has 0 aromatic rings. The van der Waals surface area contributed by atoms with Crippen LogP contribution in [0.15, 0.2) is 0 Å². The van der Waals surface area contributed by atoms with Gasteiger partial charge in [-0.2, -0.15) is 0 Å². The maximum Gasteiger partial charge on any atom is 0.153 e. The van der Waals surface area contributed by atoms with E-state index in [-0.39, 0.29) is 11.5 Å². The minimum absolute atomic E-state index is 0.0297. The molecule has 0 bridgehead atoms. The van der Waals surface area contributed by atoms with Crippen molar-refractivity contribution in [2.24, 2.45) is 5.92 Å². The van der Waals surface area contributed by atoms with Crippen molar-refractivity contribution in [2.45, 2.75) is 45.1 Å². The van der Waals surface area contributed by atoms with Crippen molar-refractivity contribution in [2.75, 3.05) is 11.5 Å². The minimum atomic E-state index is -2.95. The number of rotatable bonds is 4. The molecule has 3 nitrogen and oxygen atoms in total. The van der Waals surface area contributed by atoms with Gasteiger partial charge in [-0.15, -0.1) is 0 Å². The van der Waals surface area contributed by atoms with Crippen molar-refractivity contribution in [3.8, 4) is 0 Å². The molecule has 0 spiro atoms. The Morgan fingerprint density at radius 3 is 2.50 bits per heavy atom.